The fourth-order valence-electron chi connectivity index (χ4n) is 0.847. The predicted octanol–water partition coefficient (Wildman–Crippen LogP) is -0.181. The lowest BCUT2D eigenvalue weighted by Gasteiger charge is -2.20. The summed E-state index contributed by atoms with van der Waals surface area (Å²) in [5.74, 6) is 0.618. The van der Waals surface area contributed by atoms with Gasteiger partial charge in [0.2, 0.25) is 0 Å². The average Bonchev–Trinajstić information content (AvgIpc) is 2.17. The van der Waals surface area contributed by atoms with Crippen LogP contribution in [0, 0.1) is 0 Å². The molecular weight excluding hydrogens is 182 g/mol. The summed E-state index contributed by atoms with van der Waals surface area (Å²) < 4.78 is 0. The quantitative estimate of drug-likeness (QED) is 0.537. The highest BCUT2D eigenvalue weighted by atomic mass is 16.3. The summed E-state index contributed by atoms with van der Waals surface area (Å²) in [5, 5.41) is 21.1. The number of nitrogen functional groups attached to an aromatic ring is 1. The Balaban J connectivity index is 2.50. The molecule has 1 heterocycles. The first kappa shape index (κ1) is 10.7. The summed E-state index contributed by atoms with van der Waals surface area (Å²) in [6.45, 7) is 1.48. The van der Waals surface area contributed by atoms with Crippen LogP contribution < -0.4 is 11.1 Å². The molecule has 78 valence electrons. The van der Waals surface area contributed by atoms with Crippen LogP contribution >= 0.6 is 0 Å². The van der Waals surface area contributed by atoms with Crippen molar-refractivity contribution in [2.24, 2.45) is 0 Å². The Hall–Kier alpha value is -1.33. The molecule has 0 aliphatic heterocycles. The van der Waals surface area contributed by atoms with E-state index in [4.69, 9.17) is 10.8 Å². The van der Waals surface area contributed by atoms with Crippen LogP contribution in [-0.4, -0.2) is 33.9 Å². The van der Waals surface area contributed by atoms with E-state index in [-0.39, 0.29) is 13.2 Å². The first-order chi connectivity index (χ1) is 6.53. The van der Waals surface area contributed by atoms with E-state index in [2.05, 4.69) is 10.3 Å². The molecule has 0 fully saturated rings. The smallest absolute Gasteiger partial charge is 0.126 e. The van der Waals surface area contributed by atoms with Gasteiger partial charge in [-0.15, -0.1) is 0 Å². The number of hydrogen-bond acceptors (Lipinski definition) is 5. The third-order valence-corrected chi connectivity index (χ3v) is 1.78. The van der Waals surface area contributed by atoms with Gasteiger partial charge in [-0.1, -0.05) is 0 Å². The van der Waals surface area contributed by atoms with E-state index >= 15 is 0 Å². The summed E-state index contributed by atoms with van der Waals surface area (Å²) in [4.78, 5) is 3.99. The topological polar surface area (TPSA) is 91.4 Å². The second-order valence-electron chi connectivity index (χ2n) is 3.49. The molecule has 0 bridgehead atoms. The second-order valence-corrected chi connectivity index (χ2v) is 3.49. The number of aromatic nitrogens is 1. The van der Waals surface area contributed by atoms with Crippen molar-refractivity contribution in [3.63, 3.8) is 0 Å². The average molecular weight is 197 g/mol. The standard InChI is InChI=1S/C9H15N3O2/c1-9(14,6-13)5-12-8-3-2-7(10)4-11-8/h2-4,13-14H,5-6,10H2,1H3,(H,11,12). The number of rotatable bonds is 4. The lowest BCUT2D eigenvalue weighted by Crippen LogP contribution is -2.37. The number of anilines is 2. The Kier molecular flexibility index (Phi) is 3.27. The molecule has 5 nitrogen and oxygen atoms in total. The van der Waals surface area contributed by atoms with Crippen molar-refractivity contribution in [2.45, 2.75) is 12.5 Å². The van der Waals surface area contributed by atoms with Crippen LogP contribution in [0.2, 0.25) is 0 Å². The molecule has 0 amide bonds. The maximum absolute atomic E-state index is 9.47. The van der Waals surface area contributed by atoms with Crippen molar-refractivity contribution in [2.75, 3.05) is 24.2 Å². The molecule has 0 radical (unpaired) electrons. The zero-order valence-corrected chi connectivity index (χ0v) is 8.07. The van der Waals surface area contributed by atoms with Crippen LogP contribution in [0.3, 0.4) is 0 Å². The molecule has 1 aromatic heterocycles. The number of nitrogens with zero attached hydrogens (tertiary/aromatic N) is 1. The molecule has 0 saturated carbocycles. The first-order valence-corrected chi connectivity index (χ1v) is 4.32. The third-order valence-electron chi connectivity index (χ3n) is 1.78. The molecule has 5 N–H and O–H groups in total. The molecule has 1 aromatic rings. The van der Waals surface area contributed by atoms with Crippen molar-refractivity contribution in [3.05, 3.63) is 18.3 Å². The monoisotopic (exact) mass is 197 g/mol. The minimum Gasteiger partial charge on any atom is -0.397 e. The van der Waals surface area contributed by atoms with Crippen LogP contribution in [0.1, 0.15) is 6.92 Å². The van der Waals surface area contributed by atoms with Gasteiger partial charge in [-0.3, -0.25) is 0 Å². The van der Waals surface area contributed by atoms with Crippen LogP contribution in [0.4, 0.5) is 11.5 Å². The lowest BCUT2D eigenvalue weighted by atomic mass is 10.1. The first-order valence-electron chi connectivity index (χ1n) is 4.32. The lowest BCUT2D eigenvalue weighted by molar-refractivity contribution is 0.0132. The molecule has 0 saturated heterocycles. The van der Waals surface area contributed by atoms with Gasteiger partial charge in [0, 0.05) is 6.54 Å². The third kappa shape index (κ3) is 3.20. The van der Waals surface area contributed by atoms with E-state index in [0.717, 1.165) is 0 Å². The number of hydrogen-bond donors (Lipinski definition) is 4. The summed E-state index contributed by atoms with van der Waals surface area (Å²) >= 11 is 0. The van der Waals surface area contributed by atoms with Crippen LogP contribution in [0.15, 0.2) is 18.3 Å². The van der Waals surface area contributed by atoms with Gasteiger partial charge < -0.3 is 21.3 Å². The van der Waals surface area contributed by atoms with E-state index in [0.29, 0.717) is 11.5 Å². The molecule has 1 unspecified atom stereocenters. The van der Waals surface area contributed by atoms with E-state index in [1.165, 1.54) is 13.1 Å². The Morgan fingerprint density at radius 3 is 2.79 bits per heavy atom. The molecule has 5 heteroatoms. The highest BCUT2D eigenvalue weighted by Gasteiger charge is 2.18. The van der Waals surface area contributed by atoms with Gasteiger partial charge in [-0.25, -0.2) is 4.98 Å². The van der Waals surface area contributed by atoms with Gasteiger partial charge in [0.1, 0.15) is 11.4 Å². The molecule has 0 aliphatic carbocycles. The van der Waals surface area contributed by atoms with Crippen LogP contribution in [0.5, 0.6) is 0 Å². The van der Waals surface area contributed by atoms with Crippen molar-refractivity contribution in [1.29, 1.82) is 0 Å². The minimum atomic E-state index is -1.14. The molecule has 0 aliphatic rings. The van der Waals surface area contributed by atoms with Gasteiger partial charge >= 0.3 is 0 Å². The van der Waals surface area contributed by atoms with Gasteiger partial charge in [0.25, 0.3) is 0 Å². The van der Waals surface area contributed by atoms with Crippen molar-refractivity contribution >= 4 is 11.5 Å². The molecule has 14 heavy (non-hydrogen) atoms. The normalized spacial score (nSPS) is 14.8. The molecule has 1 atom stereocenters. The molecule has 0 spiro atoms. The Morgan fingerprint density at radius 2 is 2.29 bits per heavy atom. The maximum Gasteiger partial charge on any atom is 0.126 e. The van der Waals surface area contributed by atoms with Gasteiger partial charge in [-0.2, -0.15) is 0 Å². The summed E-state index contributed by atoms with van der Waals surface area (Å²) in [6, 6.07) is 3.42. The number of nitrogens with two attached hydrogens (primary N) is 1. The molecule has 1 rings (SSSR count). The van der Waals surface area contributed by atoms with Crippen LogP contribution in [-0.2, 0) is 0 Å². The molecule has 0 aromatic carbocycles. The van der Waals surface area contributed by atoms with Gasteiger partial charge in [-0.05, 0) is 19.1 Å². The maximum atomic E-state index is 9.47. The summed E-state index contributed by atoms with van der Waals surface area (Å²) in [6.07, 6.45) is 1.52. The predicted molar refractivity (Wildman–Crippen MR) is 54.8 cm³/mol. The minimum absolute atomic E-state index is 0.237. The molecular formula is C9H15N3O2. The fourth-order valence-corrected chi connectivity index (χ4v) is 0.847. The number of pyridine rings is 1. The SMILES string of the molecule is CC(O)(CO)CNc1ccc(N)cn1. The highest BCUT2D eigenvalue weighted by Crippen LogP contribution is 2.08. The fraction of sp³-hybridized carbons (Fsp3) is 0.444. The van der Waals surface area contributed by atoms with Gasteiger partial charge in [0.15, 0.2) is 0 Å². The summed E-state index contributed by atoms with van der Waals surface area (Å²) in [5.41, 5.74) is 4.91. The van der Waals surface area contributed by atoms with Crippen molar-refractivity contribution in [1.82, 2.24) is 4.98 Å². The summed E-state index contributed by atoms with van der Waals surface area (Å²) in [7, 11) is 0. The van der Waals surface area contributed by atoms with E-state index < -0.39 is 5.60 Å². The zero-order valence-electron chi connectivity index (χ0n) is 8.07. The highest BCUT2D eigenvalue weighted by molar-refractivity contribution is 5.43. The Bertz CT molecular complexity index is 285. The number of aliphatic hydroxyl groups is 2. The van der Waals surface area contributed by atoms with Gasteiger partial charge in [0.05, 0.1) is 18.5 Å². The van der Waals surface area contributed by atoms with E-state index in [9.17, 15) is 5.11 Å². The Morgan fingerprint density at radius 1 is 1.57 bits per heavy atom. The van der Waals surface area contributed by atoms with Crippen molar-refractivity contribution < 1.29 is 10.2 Å². The zero-order chi connectivity index (χ0) is 10.6. The van der Waals surface area contributed by atoms with E-state index in [1.54, 1.807) is 12.1 Å². The van der Waals surface area contributed by atoms with Crippen molar-refractivity contribution in [3.8, 4) is 0 Å². The number of nitrogens with one attached hydrogen (secondary N) is 1. The van der Waals surface area contributed by atoms with Crippen LogP contribution in [0.25, 0.3) is 0 Å². The second kappa shape index (κ2) is 4.26. The van der Waals surface area contributed by atoms with E-state index in [1.807, 2.05) is 0 Å². The Labute approximate surface area is 82.6 Å². The number of aliphatic hydroxyl groups excluding tert-OH is 1. The largest absolute Gasteiger partial charge is 0.397 e.